The van der Waals surface area contributed by atoms with Gasteiger partial charge in [0.25, 0.3) is 0 Å². The summed E-state index contributed by atoms with van der Waals surface area (Å²) in [5.74, 6) is -0.425. The molecule has 0 spiro atoms. The number of aromatic nitrogens is 1. The number of esters is 1. The zero-order valence-electron chi connectivity index (χ0n) is 14.4. The van der Waals surface area contributed by atoms with Crippen molar-refractivity contribution < 1.29 is 27.1 Å². The molecule has 1 saturated heterocycles. The number of rotatable bonds is 7. The lowest BCUT2D eigenvalue weighted by molar-refractivity contribution is -0.146. The van der Waals surface area contributed by atoms with Gasteiger partial charge < -0.3 is 15.2 Å². The highest BCUT2D eigenvalue weighted by molar-refractivity contribution is 7.89. The lowest BCUT2D eigenvalue weighted by atomic mass is 9.99. The van der Waals surface area contributed by atoms with Gasteiger partial charge in [0.15, 0.2) is 0 Å². The quantitative estimate of drug-likeness (QED) is 0.690. The van der Waals surface area contributed by atoms with Crippen LogP contribution in [0.4, 0.5) is 4.39 Å². The molecule has 0 aliphatic carbocycles. The van der Waals surface area contributed by atoms with E-state index in [0.717, 1.165) is 0 Å². The number of carbonyl (C=O) groups excluding carboxylic acids is 1. The van der Waals surface area contributed by atoms with Crippen molar-refractivity contribution in [2.75, 3.05) is 33.4 Å². The van der Waals surface area contributed by atoms with Gasteiger partial charge in [-0.2, -0.15) is 4.31 Å². The zero-order chi connectivity index (χ0) is 19.2. The number of carbonyl (C=O) groups is 1. The van der Waals surface area contributed by atoms with Gasteiger partial charge in [-0.25, -0.2) is 17.8 Å². The first-order valence-electron chi connectivity index (χ1n) is 8.07. The molecule has 0 atom stereocenters. The third-order valence-corrected chi connectivity index (χ3v) is 6.04. The fourth-order valence-corrected chi connectivity index (χ4v) is 3.97. The van der Waals surface area contributed by atoms with Gasteiger partial charge in [-0.15, -0.1) is 0 Å². The maximum atomic E-state index is 12.7. The Morgan fingerprint density at radius 1 is 1.42 bits per heavy atom. The van der Waals surface area contributed by atoms with Gasteiger partial charge in [0, 0.05) is 31.3 Å². The second kappa shape index (κ2) is 9.06. The van der Waals surface area contributed by atoms with Crippen LogP contribution in [0.15, 0.2) is 35.1 Å². The second-order valence-electron chi connectivity index (χ2n) is 5.79. The molecule has 0 amide bonds. The molecule has 0 bridgehead atoms. The molecule has 1 aliphatic heterocycles. The van der Waals surface area contributed by atoms with Crippen LogP contribution >= 0.6 is 0 Å². The Labute approximate surface area is 151 Å². The SMILES string of the molecule is COC(=O)C1CCN(S(=O)(=O)c2ccc(OC/C(=C/F)CN)nc2)CC1. The van der Waals surface area contributed by atoms with Crippen molar-refractivity contribution in [1.29, 1.82) is 0 Å². The summed E-state index contributed by atoms with van der Waals surface area (Å²) < 4.78 is 49.0. The van der Waals surface area contributed by atoms with Gasteiger partial charge in [0.1, 0.15) is 11.5 Å². The minimum Gasteiger partial charge on any atom is -0.473 e. The highest BCUT2D eigenvalue weighted by Crippen LogP contribution is 2.25. The van der Waals surface area contributed by atoms with Crippen molar-refractivity contribution in [2.45, 2.75) is 17.7 Å². The van der Waals surface area contributed by atoms with Crippen LogP contribution in [0.25, 0.3) is 0 Å². The number of methoxy groups -OCH3 is 1. The fourth-order valence-electron chi connectivity index (χ4n) is 2.55. The van der Waals surface area contributed by atoms with Crippen LogP contribution < -0.4 is 10.5 Å². The molecule has 1 aromatic rings. The van der Waals surface area contributed by atoms with Gasteiger partial charge in [-0.05, 0) is 18.9 Å². The monoisotopic (exact) mass is 387 g/mol. The molecule has 1 aromatic heterocycles. The van der Waals surface area contributed by atoms with E-state index in [0.29, 0.717) is 19.2 Å². The van der Waals surface area contributed by atoms with E-state index in [2.05, 4.69) is 4.98 Å². The van der Waals surface area contributed by atoms with Crippen LogP contribution in [-0.4, -0.2) is 57.0 Å². The lowest BCUT2D eigenvalue weighted by Crippen LogP contribution is -2.40. The van der Waals surface area contributed by atoms with Crippen molar-refractivity contribution in [2.24, 2.45) is 11.7 Å². The molecule has 8 nitrogen and oxygen atoms in total. The first-order valence-corrected chi connectivity index (χ1v) is 9.51. The topological polar surface area (TPSA) is 112 Å². The molecule has 2 heterocycles. The number of piperidine rings is 1. The summed E-state index contributed by atoms with van der Waals surface area (Å²) in [6.07, 6.45) is 2.39. The van der Waals surface area contributed by atoms with Crippen LogP contribution in [0.2, 0.25) is 0 Å². The molecular weight excluding hydrogens is 365 g/mol. The van der Waals surface area contributed by atoms with Crippen LogP contribution in [-0.2, 0) is 19.6 Å². The van der Waals surface area contributed by atoms with E-state index in [9.17, 15) is 17.6 Å². The predicted molar refractivity (Wildman–Crippen MR) is 91.5 cm³/mol. The highest BCUT2D eigenvalue weighted by atomic mass is 32.2. The average molecular weight is 387 g/mol. The van der Waals surface area contributed by atoms with E-state index in [1.54, 1.807) is 0 Å². The highest BCUT2D eigenvalue weighted by Gasteiger charge is 2.32. The molecule has 0 saturated carbocycles. The summed E-state index contributed by atoms with van der Waals surface area (Å²) >= 11 is 0. The van der Waals surface area contributed by atoms with E-state index >= 15 is 0 Å². The molecule has 1 aliphatic rings. The summed E-state index contributed by atoms with van der Waals surface area (Å²) in [7, 11) is -2.38. The van der Waals surface area contributed by atoms with Crippen LogP contribution in [0.5, 0.6) is 5.88 Å². The third kappa shape index (κ3) is 4.77. The number of nitrogens with zero attached hydrogens (tertiary/aromatic N) is 2. The minimum atomic E-state index is -3.70. The third-order valence-electron chi connectivity index (χ3n) is 4.16. The van der Waals surface area contributed by atoms with Gasteiger partial charge in [-0.3, -0.25) is 4.79 Å². The number of pyridine rings is 1. The smallest absolute Gasteiger partial charge is 0.308 e. The fraction of sp³-hybridized carbons (Fsp3) is 0.500. The normalized spacial score (nSPS) is 17.1. The van der Waals surface area contributed by atoms with Crippen molar-refractivity contribution in [1.82, 2.24) is 9.29 Å². The van der Waals surface area contributed by atoms with E-state index in [1.165, 1.54) is 29.7 Å². The van der Waals surface area contributed by atoms with Gasteiger partial charge >= 0.3 is 5.97 Å². The van der Waals surface area contributed by atoms with E-state index in [-0.39, 0.29) is 54.5 Å². The lowest BCUT2D eigenvalue weighted by Gasteiger charge is -2.29. The summed E-state index contributed by atoms with van der Waals surface area (Å²) in [4.78, 5) is 15.5. The molecule has 1 fully saturated rings. The molecule has 26 heavy (non-hydrogen) atoms. The summed E-state index contributed by atoms with van der Waals surface area (Å²) in [6.45, 7) is 0.431. The molecule has 10 heteroatoms. The van der Waals surface area contributed by atoms with Gasteiger partial charge in [0.2, 0.25) is 15.9 Å². The van der Waals surface area contributed by atoms with Crippen molar-refractivity contribution in [3.05, 3.63) is 30.2 Å². The number of ether oxygens (including phenoxy) is 2. The van der Waals surface area contributed by atoms with Crippen LogP contribution in [0.3, 0.4) is 0 Å². The zero-order valence-corrected chi connectivity index (χ0v) is 15.2. The molecule has 0 aromatic carbocycles. The number of nitrogens with two attached hydrogens (primary N) is 1. The first-order chi connectivity index (χ1) is 12.4. The second-order valence-corrected chi connectivity index (χ2v) is 7.73. The predicted octanol–water partition coefficient (Wildman–Crippen LogP) is 0.846. The molecule has 0 radical (unpaired) electrons. The van der Waals surface area contributed by atoms with E-state index in [1.807, 2.05) is 0 Å². The first kappa shape index (κ1) is 20.3. The van der Waals surface area contributed by atoms with Crippen molar-refractivity contribution in [3.63, 3.8) is 0 Å². The van der Waals surface area contributed by atoms with Gasteiger partial charge in [-0.1, -0.05) is 0 Å². The molecule has 2 rings (SSSR count). The number of hydrogen-bond acceptors (Lipinski definition) is 7. The average Bonchev–Trinajstić information content (AvgIpc) is 2.68. The molecular formula is C16H22FN3O5S. The van der Waals surface area contributed by atoms with Gasteiger partial charge in [0.05, 0.1) is 25.6 Å². The summed E-state index contributed by atoms with van der Waals surface area (Å²) in [5, 5.41) is 0. The van der Waals surface area contributed by atoms with E-state index in [4.69, 9.17) is 15.2 Å². The van der Waals surface area contributed by atoms with Crippen molar-refractivity contribution >= 4 is 16.0 Å². The molecule has 144 valence electrons. The maximum absolute atomic E-state index is 12.7. The number of hydrogen-bond donors (Lipinski definition) is 1. The Balaban J connectivity index is 2.00. The van der Waals surface area contributed by atoms with E-state index < -0.39 is 10.0 Å². The van der Waals surface area contributed by atoms with Crippen molar-refractivity contribution in [3.8, 4) is 5.88 Å². The standard InChI is InChI=1S/C16H22FN3O5S/c1-24-16(21)13-4-6-20(7-5-13)26(22,23)14-2-3-15(19-10-14)25-11-12(8-17)9-18/h2-3,8,10,13H,4-7,9,11,18H2,1H3/b12-8+. The van der Waals surface area contributed by atoms with Crippen LogP contribution in [0.1, 0.15) is 12.8 Å². The number of halogens is 1. The maximum Gasteiger partial charge on any atom is 0.308 e. The Morgan fingerprint density at radius 2 is 2.12 bits per heavy atom. The Bertz CT molecular complexity index is 744. The Kier molecular flexibility index (Phi) is 7.06. The largest absolute Gasteiger partial charge is 0.473 e. The number of sulfonamides is 1. The minimum absolute atomic E-state index is 0.0183. The summed E-state index contributed by atoms with van der Waals surface area (Å²) in [6, 6.07) is 2.78. The van der Waals surface area contributed by atoms with Crippen LogP contribution in [0, 0.1) is 5.92 Å². The molecule has 2 N–H and O–H groups in total. The Morgan fingerprint density at radius 3 is 2.62 bits per heavy atom. The Hall–Kier alpha value is -2.04. The summed E-state index contributed by atoms with van der Waals surface area (Å²) in [5.41, 5.74) is 5.59. The molecule has 0 unspecified atom stereocenters.